The van der Waals surface area contributed by atoms with Gasteiger partial charge in [-0.2, -0.15) is 17.2 Å². The maximum absolute atomic E-state index is 6.03. The zero-order chi connectivity index (χ0) is 12.4. The monoisotopic (exact) mass is 432 g/mol. The van der Waals surface area contributed by atoms with Crippen molar-refractivity contribution in [3.05, 3.63) is 24.3 Å². The molecule has 0 unspecified atom stereocenters. The Hall–Kier alpha value is 1.67. The van der Waals surface area contributed by atoms with Gasteiger partial charge in [0.1, 0.15) is 8.83 Å². The molecule has 6 heteroatoms. The fourth-order valence-electron chi connectivity index (χ4n) is 1.23. The molecule has 0 saturated carbocycles. The molecule has 110 valence electrons. The summed E-state index contributed by atoms with van der Waals surface area (Å²) >= 11 is 6.03. The SMILES string of the molecule is CCCC[Si](C)C(C)(C)[SiH2]Cl.[C-]1=CC=CC1.[Cl-].[Cl-].[Zr+3]. The van der Waals surface area contributed by atoms with E-state index in [0.717, 1.165) is 6.42 Å². The molecule has 0 heterocycles. The van der Waals surface area contributed by atoms with E-state index in [1.54, 1.807) is 0 Å². The fraction of sp³-hybridized carbons (Fsp3) is 0.692. The van der Waals surface area contributed by atoms with Crippen LogP contribution in [0.25, 0.3) is 0 Å². The molecule has 0 spiro atoms. The van der Waals surface area contributed by atoms with E-state index >= 15 is 0 Å². The van der Waals surface area contributed by atoms with Gasteiger partial charge in [0.15, 0.2) is 0 Å². The molecule has 1 aliphatic carbocycles. The van der Waals surface area contributed by atoms with Gasteiger partial charge in [-0.3, -0.25) is 6.08 Å². The Morgan fingerprint density at radius 3 is 2.21 bits per heavy atom. The van der Waals surface area contributed by atoms with Crippen LogP contribution in [0, 0.1) is 6.08 Å². The van der Waals surface area contributed by atoms with Crippen molar-refractivity contribution in [3.63, 3.8) is 0 Å². The summed E-state index contributed by atoms with van der Waals surface area (Å²) in [5.41, 5.74) is 0. The average Bonchev–Trinajstić information content (AvgIpc) is 2.84. The Labute approximate surface area is 160 Å². The van der Waals surface area contributed by atoms with Gasteiger partial charge in [0.05, 0.1) is 0 Å². The van der Waals surface area contributed by atoms with Gasteiger partial charge in [-0.1, -0.05) is 46.2 Å². The maximum atomic E-state index is 6.03. The Bertz CT molecular complexity index is 224. The molecule has 0 aliphatic heterocycles. The number of unbranched alkanes of at least 4 members (excludes halogenated alkanes) is 1. The van der Waals surface area contributed by atoms with Crippen LogP contribution in [-0.4, -0.2) is 17.6 Å². The van der Waals surface area contributed by atoms with Crippen molar-refractivity contribution in [2.45, 2.75) is 57.3 Å². The third-order valence-electron chi connectivity index (χ3n) is 2.98. The van der Waals surface area contributed by atoms with Gasteiger partial charge in [0.25, 0.3) is 0 Å². The fourth-order valence-corrected chi connectivity index (χ4v) is 6.29. The first kappa shape index (κ1) is 28.8. The van der Waals surface area contributed by atoms with E-state index in [9.17, 15) is 0 Å². The van der Waals surface area contributed by atoms with Gasteiger partial charge in [0.2, 0.25) is 0 Å². The first-order chi connectivity index (χ1) is 7.54. The van der Waals surface area contributed by atoms with Gasteiger partial charge in [-0.25, -0.2) is 12.2 Å². The number of rotatable bonds is 5. The first-order valence-corrected chi connectivity index (χ1v) is 11.2. The molecule has 0 amide bonds. The summed E-state index contributed by atoms with van der Waals surface area (Å²) in [6, 6.07) is 1.45. The minimum absolute atomic E-state index is 0. The standard InChI is InChI=1S/C8H20ClSi2.C5H5.2ClH.Zr/c1-5-6-7-11(4)8(2,3)10-9;1-2-4-5-3-1;;;/h5-7,10H2,1-4H3;1-3H,4H2;2*1H;/q;-1;;;+3/p-2. The topological polar surface area (TPSA) is 0 Å². The van der Waals surface area contributed by atoms with Crippen molar-refractivity contribution in [2.75, 3.05) is 0 Å². The molecule has 0 saturated heterocycles. The van der Waals surface area contributed by atoms with Crippen LogP contribution in [0.4, 0.5) is 0 Å². The van der Waals surface area contributed by atoms with E-state index in [1.807, 2.05) is 12.2 Å². The average molecular weight is 435 g/mol. The van der Waals surface area contributed by atoms with Crippen molar-refractivity contribution in [3.8, 4) is 0 Å². The molecule has 1 rings (SSSR count). The van der Waals surface area contributed by atoms with Crippen molar-refractivity contribution >= 4 is 28.7 Å². The van der Waals surface area contributed by atoms with E-state index in [-0.39, 0.29) is 68.6 Å². The van der Waals surface area contributed by atoms with Crippen molar-refractivity contribution < 1.29 is 51.0 Å². The van der Waals surface area contributed by atoms with E-state index in [4.69, 9.17) is 11.1 Å². The smallest absolute Gasteiger partial charge is 1.00 e. The number of allylic oxidation sites excluding steroid dienone is 4. The second-order valence-corrected chi connectivity index (χ2v) is 11.9. The molecular formula is C13H25Cl3Si2Zr. The Morgan fingerprint density at radius 1 is 1.37 bits per heavy atom. The molecule has 0 bridgehead atoms. The first-order valence-electron chi connectivity index (χ1n) is 6.15. The molecule has 1 aliphatic rings. The molecule has 2 radical (unpaired) electrons. The van der Waals surface area contributed by atoms with Crippen LogP contribution in [0.3, 0.4) is 0 Å². The van der Waals surface area contributed by atoms with E-state index < -0.39 is 0 Å². The number of hydrogen-bond acceptors (Lipinski definition) is 0. The van der Waals surface area contributed by atoms with Gasteiger partial charge in [-0.05, 0) is 4.66 Å². The van der Waals surface area contributed by atoms with Crippen LogP contribution in [-0.2, 0) is 26.2 Å². The zero-order valence-corrected chi connectivity index (χ0v) is 19.5. The van der Waals surface area contributed by atoms with Gasteiger partial charge < -0.3 is 24.8 Å². The number of halogens is 3. The molecule has 0 N–H and O–H groups in total. The minimum Gasteiger partial charge on any atom is -1.00 e. The quantitative estimate of drug-likeness (QED) is 0.274. The second kappa shape index (κ2) is 17.7. The summed E-state index contributed by atoms with van der Waals surface area (Å²) in [5, 5.41) is 0. The third kappa shape index (κ3) is 15.9. The third-order valence-corrected chi connectivity index (χ3v) is 12.1. The summed E-state index contributed by atoms with van der Waals surface area (Å²) in [6.45, 7) is 9.42. The summed E-state index contributed by atoms with van der Waals surface area (Å²) < 4.78 is 0.557. The Morgan fingerprint density at radius 2 is 1.95 bits per heavy atom. The molecule has 0 nitrogen and oxygen atoms in total. The summed E-state index contributed by atoms with van der Waals surface area (Å²) in [7, 11) is -0.466. The largest absolute Gasteiger partial charge is 3.00 e. The molecule has 0 atom stereocenters. The molecule has 0 aromatic rings. The van der Waals surface area contributed by atoms with E-state index in [0.29, 0.717) is 4.66 Å². The van der Waals surface area contributed by atoms with Crippen LogP contribution < -0.4 is 24.8 Å². The zero-order valence-electron chi connectivity index (χ0n) is 12.4. The van der Waals surface area contributed by atoms with Crippen LogP contribution in [0.1, 0.15) is 40.0 Å². The number of hydrogen-bond donors (Lipinski definition) is 0. The van der Waals surface area contributed by atoms with E-state index in [2.05, 4.69) is 39.5 Å². The molecule has 0 fully saturated rings. The predicted octanol–water partition coefficient (Wildman–Crippen LogP) is -1.72. The summed E-state index contributed by atoms with van der Waals surface area (Å²) in [6.07, 6.45) is 12.7. The van der Waals surface area contributed by atoms with Gasteiger partial charge in [-0.15, -0.1) is 6.42 Å². The van der Waals surface area contributed by atoms with Crippen molar-refractivity contribution in [2.24, 2.45) is 0 Å². The maximum Gasteiger partial charge on any atom is 3.00 e. The van der Waals surface area contributed by atoms with Crippen LogP contribution in [0.5, 0.6) is 0 Å². The van der Waals surface area contributed by atoms with Crippen LogP contribution >= 0.6 is 11.1 Å². The Kier molecular flexibility index (Phi) is 26.8. The predicted molar refractivity (Wildman–Crippen MR) is 81.3 cm³/mol. The van der Waals surface area contributed by atoms with Crippen molar-refractivity contribution in [1.82, 2.24) is 0 Å². The molecule has 0 aromatic heterocycles. The summed E-state index contributed by atoms with van der Waals surface area (Å²) in [5.74, 6) is 0. The molecular weight excluding hydrogens is 410 g/mol. The summed E-state index contributed by atoms with van der Waals surface area (Å²) in [4.78, 5) is 0. The van der Waals surface area contributed by atoms with E-state index in [1.165, 1.54) is 18.9 Å². The molecule has 19 heavy (non-hydrogen) atoms. The second-order valence-electron chi connectivity index (χ2n) is 4.90. The molecule has 0 aromatic carbocycles. The Balaban J connectivity index is -0.000000121. The minimum atomic E-state index is -0.316. The normalized spacial score (nSPS) is 12.5. The van der Waals surface area contributed by atoms with Gasteiger partial charge in [0, 0.05) is 8.80 Å². The van der Waals surface area contributed by atoms with Gasteiger partial charge >= 0.3 is 26.2 Å². The van der Waals surface area contributed by atoms with Crippen LogP contribution in [0.2, 0.25) is 17.3 Å². The van der Waals surface area contributed by atoms with Crippen LogP contribution in [0.15, 0.2) is 18.2 Å². The van der Waals surface area contributed by atoms with Crippen molar-refractivity contribution in [1.29, 1.82) is 0 Å².